The molecule has 1 saturated heterocycles. The molecule has 5 nitrogen and oxygen atoms in total. The summed E-state index contributed by atoms with van der Waals surface area (Å²) >= 11 is 5.91. The van der Waals surface area contributed by atoms with E-state index in [1.54, 1.807) is 29.2 Å². The molecular formula is C19H19ClN2O3. The fourth-order valence-electron chi connectivity index (χ4n) is 2.69. The van der Waals surface area contributed by atoms with E-state index in [0.717, 1.165) is 24.2 Å². The molecule has 0 aliphatic carbocycles. The predicted octanol–water partition coefficient (Wildman–Crippen LogP) is 3.16. The molecule has 0 aromatic heterocycles. The molecule has 0 saturated carbocycles. The van der Waals surface area contributed by atoms with Crippen molar-refractivity contribution in [3.8, 4) is 5.75 Å². The van der Waals surface area contributed by atoms with Crippen LogP contribution in [-0.2, 0) is 16.1 Å². The lowest BCUT2D eigenvalue weighted by atomic mass is 10.2. The van der Waals surface area contributed by atoms with Gasteiger partial charge in [-0.05, 0) is 48.4 Å². The zero-order chi connectivity index (χ0) is 17.6. The van der Waals surface area contributed by atoms with Crippen molar-refractivity contribution in [1.82, 2.24) is 5.32 Å². The first-order chi connectivity index (χ1) is 12.1. The molecule has 6 heteroatoms. The third-order valence-electron chi connectivity index (χ3n) is 3.97. The summed E-state index contributed by atoms with van der Waals surface area (Å²) in [5.41, 5.74) is 1.79. The zero-order valence-corrected chi connectivity index (χ0v) is 14.5. The average Bonchev–Trinajstić information content (AvgIpc) is 3.05. The average molecular weight is 359 g/mol. The molecular weight excluding hydrogens is 340 g/mol. The van der Waals surface area contributed by atoms with Crippen LogP contribution in [0.5, 0.6) is 5.75 Å². The molecule has 1 N–H and O–H groups in total. The molecule has 1 heterocycles. The molecule has 0 radical (unpaired) electrons. The van der Waals surface area contributed by atoms with Crippen molar-refractivity contribution >= 4 is 29.1 Å². The summed E-state index contributed by atoms with van der Waals surface area (Å²) in [6, 6.07) is 14.5. The Hall–Kier alpha value is -2.53. The Balaban J connectivity index is 1.46. The standard InChI is InChI=1S/C19H19ClN2O3/c20-15-4-1-3-14(11-15)12-21-18(23)13-25-17-8-6-16(7-9-17)22-10-2-5-19(22)24/h1,3-4,6-9,11H,2,5,10,12-13H2,(H,21,23). The smallest absolute Gasteiger partial charge is 0.258 e. The number of rotatable bonds is 6. The van der Waals surface area contributed by atoms with Gasteiger partial charge in [-0.3, -0.25) is 9.59 Å². The van der Waals surface area contributed by atoms with Crippen molar-refractivity contribution in [3.05, 3.63) is 59.1 Å². The van der Waals surface area contributed by atoms with E-state index < -0.39 is 0 Å². The SMILES string of the molecule is O=C(COc1ccc(N2CCCC2=O)cc1)NCc1cccc(Cl)c1. The van der Waals surface area contributed by atoms with E-state index in [1.807, 2.05) is 24.3 Å². The highest BCUT2D eigenvalue weighted by molar-refractivity contribution is 6.30. The number of nitrogens with zero attached hydrogens (tertiary/aromatic N) is 1. The summed E-state index contributed by atoms with van der Waals surface area (Å²) in [6.07, 6.45) is 1.49. The normalized spacial score (nSPS) is 13.8. The number of carbonyl (C=O) groups is 2. The van der Waals surface area contributed by atoms with Gasteiger partial charge in [0.1, 0.15) is 5.75 Å². The Morgan fingerprint density at radius 2 is 2.00 bits per heavy atom. The highest BCUT2D eigenvalue weighted by Gasteiger charge is 2.21. The highest BCUT2D eigenvalue weighted by Crippen LogP contribution is 2.23. The van der Waals surface area contributed by atoms with Gasteiger partial charge in [-0.2, -0.15) is 0 Å². The lowest BCUT2D eigenvalue weighted by Crippen LogP contribution is -2.28. The Labute approximate surface area is 151 Å². The van der Waals surface area contributed by atoms with E-state index in [9.17, 15) is 9.59 Å². The molecule has 1 fully saturated rings. The number of hydrogen-bond acceptors (Lipinski definition) is 3. The molecule has 25 heavy (non-hydrogen) atoms. The lowest BCUT2D eigenvalue weighted by Gasteiger charge is -2.16. The first kappa shape index (κ1) is 17.3. The first-order valence-electron chi connectivity index (χ1n) is 8.16. The molecule has 2 aromatic rings. The summed E-state index contributed by atoms with van der Waals surface area (Å²) in [6.45, 7) is 1.09. The van der Waals surface area contributed by atoms with E-state index >= 15 is 0 Å². The number of ether oxygens (including phenoxy) is 1. The number of amides is 2. The summed E-state index contributed by atoms with van der Waals surface area (Å²) < 4.78 is 5.48. The fraction of sp³-hybridized carbons (Fsp3) is 0.263. The molecule has 0 atom stereocenters. The van der Waals surface area contributed by atoms with Gasteiger partial charge in [0.2, 0.25) is 5.91 Å². The van der Waals surface area contributed by atoms with Gasteiger partial charge in [0.05, 0.1) is 0 Å². The van der Waals surface area contributed by atoms with Gasteiger partial charge in [0, 0.05) is 30.2 Å². The summed E-state index contributed by atoms with van der Waals surface area (Å²) in [5.74, 6) is 0.529. The maximum Gasteiger partial charge on any atom is 0.258 e. The predicted molar refractivity (Wildman–Crippen MR) is 96.8 cm³/mol. The van der Waals surface area contributed by atoms with Gasteiger partial charge in [0.25, 0.3) is 5.91 Å². The minimum Gasteiger partial charge on any atom is -0.484 e. The van der Waals surface area contributed by atoms with Gasteiger partial charge in [0.15, 0.2) is 6.61 Å². The molecule has 130 valence electrons. The summed E-state index contributed by atoms with van der Waals surface area (Å²) in [4.78, 5) is 25.4. The van der Waals surface area contributed by atoms with Crippen molar-refractivity contribution < 1.29 is 14.3 Å². The van der Waals surface area contributed by atoms with Crippen LogP contribution in [-0.4, -0.2) is 25.0 Å². The second kappa shape index (κ2) is 8.03. The van der Waals surface area contributed by atoms with Gasteiger partial charge in [-0.25, -0.2) is 0 Å². The molecule has 2 aromatic carbocycles. The van der Waals surface area contributed by atoms with Crippen molar-refractivity contribution in [2.45, 2.75) is 19.4 Å². The largest absolute Gasteiger partial charge is 0.484 e. The lowest BCUT2D eigenvalue weighted by molar-refractivity contribution is -0.123. The second-order valence-electron chi connectivity index (χ2n) is 5.84. The number of carbonyl (C=O) groups excluding carboxylic acids is 2. The fourth-order valence-corrected chi connectivity index (χ4v) is 2.90. The first-order valence-corrected chi connectivity index (χ1v) is 8.54. The van der Waals surface area contributed by atoms with Crippen molar-refractivity contribution in [3.63, 3.8) is 0 Å². The van der Waals surface area contributed by atoms with Gasteiger partial charge in [-0.15, -0.1) is 0 Å². The zero-order valence-electron chi connectivity index (χ0n) is 13.7. The van der Waals surface area contributed by atoms with E-state index in [0.29, 0.717) is 23.7 Å². The van der Waals surface area contributed by atoms with Crippen LogP contribution in [0.1, 0.15) is 18.4 Å². The van der Waals surface area contributed by atoms with E-state index in [-0.39, 0.29) is 18.4 Å². The van der Waals surface area contributed by atoms with Crippen LogP contribution < -0.4 is 15.0 Å². The van der Waals surface area contributed by atoms with Gasteiger partial charge in [-0.1, -0.05) is 23.7 Å². The highest BCUT2D eigenvalue weighted by atomic mass is 35.5. The van der Waals surface area contributed by atoms with Crippen LogP contribution in [0.2, 0.25) is 5.02 Å². The molecule has 1 aliphatic rings. The second-order valence-corrected chi connectivity index (χ2v) is 6.27. The Bertz CT molecular complexity index is 762. The van der Waals surface area contributed by atoms with E-state index in [4.69, 9.17) is 16.3 Å². The number of nitrogens with one attached hydrogen (secondary N) is 1. The van der Waals surface area contributed by atoms with Crippen LogP contribution in [0, 0.1) is 0 Å². The van der Waals surface area contributed by atoms with Crippen LogP contribution in [0.15, 0.2) is 48.5 Å². The Morgan fingerprint density at radius 1 is 1.20 bits per heavy atom. The number of anilines is 1. The molecule has 0 spiro atoms. The molecule has 1 aliphatic heterocycles. The summed E-state index contributed by atoms with van der Waals surface area (Å²) in [7, 11) is 0. The maximum absolute atomic E-state index is 11.9. The number of benzene rings is 2. The number of hydrogen-bond donors (Lipinski definition) is 1. The van der Waals surface area contributed by atoms with Crippen LogP contribution in [0.3, 0.4) is 0 Å². The molecule has 2 amide bonds. The third kappa shape index (κ3) is 4.73. The Kier molecular flexibility index (Phi) is 5.56. The number of halogens is 1. The van der Waals surface area contributed by atoms with Crippen LogP contribution in [0.25, 0.3) is 0 Å². The Morgan fingerprint density at radius 3 is 2.68 bits per heavy atom. The van der Waals surface area contributed by atoms with Gasteiger partial charge >= 0.3 is 0 Å². The molecule has 3 rings (SSSR count). The quantitative estimate of drug-likeness (QED) is 0.862. The minimum atomic E-state index is -0.209. The monoisotopic (exact) mass is 358 g/mol. The summed E-state index contributed by atoms with van der Waals surface area (Å²) in [5, 5.41) is 3.42. The van der Waals surface area contributed by atoms with Crippen molar-refractivity contribution in [2.75, 3.05) is 18.1 Å². The van der Waals surface area contributed by atoms with E-state index in [2.05, 4.69) is 5.32 Å². The maximum atomic E-state index is 11.9. The molecule has 0 bridgehead atoms. The van der Waals surface area contributed by atoms with Crippen molar-refractivity contribution in [1.29, 1.82) is 0 Å². The topological polar surface area (TPSA) is 58.6 Å². The van der Waals surface area contributed by atoms with Gasteiger partial charge < -0.3 is 15.0 Å². The minimum absolute atomic E-state index is 0.0669. The van der Waals surface area contributed by atoms with Crippen LogP contribution in [0.4, 0.5) is 5.69 Å². The van der Waals surface area contributed by atoms with Crippen LogP contribution >= 0.6 is 11.6 Å². The van der Waals surface area contributed by atoms with E-state index in [1.165, 1.54) is 0 Å². The molecule has 0 unspecified atom stereocenters. The third-order valence-corrected chi connectivity index (χ3v) is 4.21. The van der Waals surface area contributed by atoms with Crippen molar-refractivity contribution in [2.24, 2.45) is 0 Å².